The lowest BCUT2D eigenvalue weighted by Gasteiger charge is -2.34. The number of H-pyrrole nitrogens is 1. The molecule has 1 N–H and O–H groups in total. The summed E-state index contributed by atoms with van der Waals surface area (Å²) in [5.74, 6) is 0.00932. The number of nitrogens with one attached hydrogen (secondary N) is 1. The van der Waals surface area contributed by atoms with E-state index < -0.39 is 0 Å². The van der Waals surface area contributed by atoms with Gasteiger partial charge in [0.1, 0.15) is 5.69 Å². The number of hydrogen-bond acceptors (Lipinski definition) is 2. The van der Waals surface area contributed by atoms with Gasteiger partial charge in [0, 0.05) is 41.8 Å². The molecule has 0 bridgehead atoms. The first-order valence-electron chi connectivity index (χ1n) is 8.95. The molecule has 0 saturated carbocycles. The molecule has 0 spiro atoms. The molecule has 0 atom stereocenters. The number of aromatic nitrogens is 2. The Bertz CT molecular complexity index is 801. The highest BCUT2D eigenvalue weighted by Crippen LogP contribution is 2.28. The smallest absolute Gasteiger partial charge is 0.270 e. The molecule has 3 heterocycles. The Balaban J connectivity index is 1.74. The summed E-state index contributed by atoms with van der Waals surface area (Å²) < 4.78 is 2.39. The molecule has 25 heavy (non-hydrogen) atoms. The molecule has 1 aliphatic heterocycles. The highest BCUT2D eigenvalue weighted by atomic mass is 16.2. The fraction of sp³-hybridized carbons (Fsp3) is 0.500. The van der Waals surface area contributed by atoms with E-state index in [2.05, 4.69) is 35.5 Å². The summed E-state index contributed by atoms with van der Waals surface area (Å²) in [5.41, 5.74) is 5.33. The molecule has 3 rings (SSSR count). The second-order valence-electron chi connectivity index (χ2n) is 7.19. The maximum Gasteiger partial charge on any atom is 0.270 e. The molecule has 2 aromatic rings. The van der Waals surface area contributed by atoms with Crippen LogP contribution in [-0.2, 0) is 0 Å². The van der Waals surface area contributed by atoms with Gasteiger partial charge in [-0.1, -0.05) is 0 Å². The summed E-state index contributed by atoms with van der Waals surface area (Å²) >= 11 is 0. The molecule has 134 valence electrons. The third-order valence-corrected chi connectivity index (χ3v) is 5.45. The molecule has 1 saturated heterocycles. The van der Waals surface area contributed by atoms with Crippen LogP contribution >= 0.6 is 0 Å². The number of likely N-dealkylation sites (tertiary alicyclic amines) is 1. The predicted octanol–water partition coefficient (Wildman–Crippen LogP) is 3.73. The molecule has 0 radical (unpaired) electrons. The van der Waals surface area contributed by atoms with Crippen molar-refractivity contribution in [1.29, 1.82) is 0 Å². The van der Waals surface area contributed by atoms with E-state index in [4.69, 9.17) is 0 Å². The Hall–Kier alpha value is -2.30. The van der Waals surface area contributed by atoms with Crippen LogP contribution in [-0.4, -0.2) is 39.2 Å². The maximum absolute atomic E-state index is 12.9. The van der Waals surface area contributed by atoms with Crippen LogP contribution in [0.3, 0.4) is 0 Å². The Kier molecular flexibility index (Phi) is 4.58. The maximum atomic E-state index is 12.9. The number of nitrogens with zero attached hydrogens (tertiary/aromatic N) is 2. The Labute approximate surface area is 149 Å². The van der Waals surface area contributed by atoms with Gasteiger partial charge < -0.3 is 14.5 Å². The van der Waals surface area contributed by atoms with Crippen LogP contribution in [0, 0.1) is 27.7 Å². The minimum Gasteiger partial charge on any atom is -0.354 e. The van der Waals surface area contributed by atoms with Gasteiger partial charge in [-0.05, 0) is 65.2 Å². The van der Waals surface area contributed by atoms with Crippen LogP contribution in [0.4, 0.5) is 0 Å². The lowest BCUT2D eigenvalue weighted by Crippen LogP contribution is -2.39. The molecule has 1 fully saturated rings. The van der Waals surface area contributed by atoms with Crippen molar-refractivity contribution in [2.75, 3.05) is 13.1 Å². The molecular formula is C20H27N3O2. The fourth-order valence-electron chi connectivity index (χ4n) is 4.23. The summed E-state index contributed by atoms with van der Waals surface area (Å²) in [6.07, 6.45) is 1.92. The van der Waals surface area contributed by atoms with Gasteiger partial charge in [-0.15, -0.1) is 0 Å². The van der Waals surface area contributed by atoms with Gasteiger partial charge in [-0.3, -0.25) is 9.59 Å². The van der Waals surface area contributed by atoms with E-state index in [1.807, 2.05) is 18.7 Å². The number of hydrogen-bond donors (Lipinski definition) is 1. The zero-order valence-corrected chi connectivity index (χ0v) is 15.8. The fourth-order valence-corrected chi connectivity index (χ4v) is 4.23. The van der Waals surface area contributed by atoms with E-state index in [0.29, 0.717) is 17.3 Å². The number of carbonyl (C=O) groups is 2. The van der Waals surface area contributed by atoms with Gasteiger partial charge in [0.2, 0.25) is 0 Å². The van der Waals surface area contributed by atoms with Crippen molar-refractivity contribution in [1.82, 2.24) is 14.5 Å². The normalized spacial score (nSPS) is 15.6. The number of piperidine rings is 1. The van der Waals surface area contributed by atoms with E-state index in [-0.39, 0.29) is 11.7 Å². The van der Waals surface area contributed by atoms with Crippen molar-refractivity contribution >= 4 is 11.7 Å². The van der Waals surface area contributed by atoms with Crippen molar-refractivity contribution in [3.63, 3.8) is 0 Å². The Morgan fingerprint density at radius 3 is 2.08 bits per heavy atom. The second kappa shape index (κ2) is 6.54. The quantitative estimate of drug-likeness (QED) is 0.865. The largest absolute Gasteiger partial charge is 0.354 e. The summed E-state index contributed by atoms with van der Waals surface area (Å²) in [6, 6.07) is 4.76. The number of rotatable bonds is 3. The van der Waals surface area contributed by atoms with E-state index in [0.717, 1.165) is 37.2 Å². The molecule has 1 aliphatic rings. The summed E-state index contributed by atoms with van der Waals surface area (Å²) in [5, 5.41) is 0. The topological polar surface area (TPSA) is 58.1 Å². The molecule has 0 aromatic carbocycles. The van der Waals surface area contributed by atoms with Crippen molar-refractivity contribution in [2.24, 2.45) is 0 Å². The summed E-state index contributed by atoms with van der Waals surface area (Å²) in [4.78, 5) is 29.7. The van der Waals surface area contributed by atoms with Crippen LogP contribution in [0.5, 0.6) is 0 Å². The molecule has 5 nitrogen and oxygen atoms in total. The van der Waals surface area contributed by atoms with Crippen LogP contribution < -0.4 is 0 Å². The number of ketones is 1. The van der Waals surface area contributed by atoms with Crippen LogP contribution in [0.25, 0.3) is 0 Å². The lowest BCUT2D eigenvalue weighted by atomic mass is 10.0. The van der Waals surface area contributed by atoms with Gasteiger partial charge in [0.15, 0.2) is 5.78 Å². The van der Waals surface area contributed by atoms with Crippen LogP contribution in [0.2, 0.25) is 0 Å². The number of aryl methyl sites for hydroxylation is 3. The van der Waals surface area contributed by atoms with E-state index in [9.17, 15) is 9.59 Å². The lowest BCUT2D eigenvalue weighted by molar-refractivity contribution is 0.0687. The third kappa shape index (κ3) is 3.03. The third-order valence-electron chi connectivity index (χ3n) is 5.45. The summed E-state index contributed by atoms with van der Waals surface area (Å²) in [7, 11) is 0. The highest BCUT2D eigenvalue weighted by molar-refractivity contribution is 6.02. The van der Waals surface area contributed by atoms with Crippen molar-refractivity contribution < 1.29 is 9.59 Å². The molecule has 2 aromatic heterocycles. The minimum absolute atomic E-state index is 0.00238. The first kappa shape index (κ1) is 17.5. The number of carbonyl (C=O) groups excluding carboxylic acids is 2. The first-order chi connectivity index (χ1) is 11.8. The van der Waals surface area contributed by atoms with Gasteiger partial charge in [0.05, 0.1) is 0 Å². The Morgan fingerprint density at radius 2 is 1.60 bits per heavy atom. The van der Waals surface area contributed by atoms with Crippen molar-refractivity contribution in [3.05, 3.63) is 46.0 Å². The predicted molar refractivity (Wildman–Crippen MR) is 98.4 cm³/mol. The number of aromatic amines is 1. The average Bonchev–Trinajstić information content (AvgIpc) is 3.05. The standard InChI is InChI=1S/C20H27N3O2/c1-12-6-7-13(2)23(12)17-8-10-22(11-9-17)20(25)19-14(3)18(16(5)24)15(4)21-19/h6-7,17,21H,8-11H2,1-5H3. The minimum atomic E-state index is 0.00238. The number of amides is 1. The zero-order chi connectivity index (χ0) is 18.3. The SMILES string of the molecule is CC(=O)c1c(C)[nH]c(C(=O)N2CCC(n3c(C)ccc3C)CC2)c1C. The van der Waals surface area contributed by atoms with Crippen molar-refractivity contribution in [2.45, 2.75) is 53.5 Å². The molecular weight excluding hydrogens is 314 g/mol. The Morgan fingerprint density at radius 1 is 1.04 bits per heavy atom. The van der Waals surface area contributed by atoms with Crippen LogP contribution in [0.15, 0.2) is 12.1 Å². The number of Topliss-reactive ketones (excluding diaryl/α,β-unsaturated/α-hetero) is 1. The van der Waals surface area contributed by atoms with Gasteiger partial charge in [-0.2, -0.15) is 0 Å². The molecule has 5 heteroatoms. The van der Waals surface area contributed by atoms with Gasteiger partial charge in [-0.25, -0.2) is 0 Å². The zero-order valence-electron chi connectivity index (χ0n) is 15.8. The molecule has 0 unspecified atom stereocenters. The first-order valence-corrected chi connectivity index (χ1v) is 8.95. The average molecular weight is 341 g/mol. The van der Waals surface area contributed by atoms with Gasteiger partial charge in [0.25, 0.3) is 5.91 Å². The molecule has 1 amide bonds. The monoisotopic (exact) mass is 341 g/mol. The van der Waals surface area contributed by atoms with Crippen molar-refractivity contribution in [3.8, 4) is 0 Å². The summed E-state index contributed by atoms with van der Waals surface area (Å²) in [6.45, 7) is 11.0. The van der Waals surface area contributed by atoms with Gasteiger partial charge >= 0.3 is 0 Å². The van der Waals surface area contributed by atoms with E-state index in [1.165, 1.54) is 11.4 Å². The molecule has 0 aliphatic carbocycles. The van der Waals surface area contributed by atoms with Crippen LogP contribution in [0.1, 0.15) is 69.3 Å². The second-order valence-corrected chi connectivity index (χ2v) is 7.19. The highest BCUT2D eigenvalue weighted by Gasteiger charge is 2.28. The van der Waals surface area contributed by atoms with E-state index >= 15 is 0 Å². The van der Waals surface area contributed by atoms with E-state index in [1.54, 1.807) is 6.92 Å².